The molecule has 0 aliphatic carbocycles. The number of ether oxygens (including phenoxy) is 1. The molecule has 4 nitrogen and oxygen atoms in total. The lowest BCUT2D eigenvalue weighted by molar-refractivity contribution is -0.255. The number of esters is 1. The van der Waals surface area contributed by atoms with Crippen molar-refractivity contribution >= 4 is 11.9 Å². The topological polar surface area (TPSA) is 66.4 Å². The van der Waals surface area contributed by atoms with E-state index in [1.54, 1.807) is 12.1 Å². The Morgan fingerprint density at radius 1 is 1.29 bits per heavy atom. The molecule has 0 fully saturated rings. The van der Waals surface area contributed by atoms with Crippen molar-refractivity contribution in [3.05, 3.63) is 35.4 Å². The predicted molar refractivity (Wildman–Crippen MR) is 46.2 cm³/mol. The first-order valence-electron chi connectivity index (χ1n) is 4.03. The molecule has 0 aromatic heterocycles. The summed E-state index contributed by atoms with van der Waals surface area (Å²) in [5, 5.41) is 10.4. The van der Waals surface area contributed by atoms with Gasteiger partial charge in [0, 0.05) is 6.92 Å². The average Bonchev–Trinajstić information content (AvgIpc) is 2.15. The summed E-state index contributed by atoms with van der Waals surface area (Å²) < 4.78 is 4.73. The number of carboxylic acids is 1. The minimum absolute atomic E-state index is 0.108. The standard InChI is InChI=1S/C10H10O4/c1-7(11)14-6-8-2-4-9(5-3-8)10(12)13/h2-5H,6H2,1H3,(H,12,13)/p-1. The van der Waals surface area contributed by atoms with Gasteiger partial charge in [-0.3, -0.25) is 4.79 Å². The summed E-state index contributed by atoms with van der Waals surface area (Å²) in [7, 11) is 0. The van der Waals surface area contributed by atoms with Crippen LogP contribution in [0.4, 0.5) is 0 Å². The van der Waals surface area contributed by atoms with E-state index in [-0.39, 0.29) is 18.1 Å². The van der Waals surface area contributed by atoms with Crippen LogP contribution in [0.1, 0.15) is 22.8 Å². The lowest BCUT2D eigenvalue weighted by Gasteiger charge is -2.04. The Morgan fingerprint density at radius 2 is 1.86 bits per heavy atom. The fourth-order valence-corrected chi connectivity index (χ4v) is 0.922. The Bertz CT molecular complexity index is 340. The highest BCUT2D eigenvalue weighted by Gasteiger charge is 1.97. The van der Waals surface area contributed by atoms with Crippen molar-refractivity contribution in [2.24, 2.45) is 0 Å². The minimum Gasteiger partial charge on any atom is -0.545 e. The predicted octanol–water partition coefficient (Wildman–Crippen LogP) is 0.113. The number of rotatable bonds is 3. The highest BCUT2D eigenvalue weighted by molar-refractivity contribution is 5.85. The summed E-state index contributed by atoms with van der Waals surface area (Å²) in [5.74, 6) is -1.59. The van der Waals surface area contributed by atoms with E-state index in [9.17, 15) is 14.7 Å². The van der Waals surface area contributed by atoms with E-state index in [1.165, 1.54) is 19.1 Å². The second-order valence-corrected chi connectivity index (χ2v) is 2.76. The van der Waals surface area contributed by atoms with Crippen LogP contribution in [0.25, 0.3) is 0 Å². The van der Waals surface area contributed by atoms with Gasteiger partial charge in [0.15, 0.2) is 0 Å². The van der Waals surface area contributed by atoms with E-state index in [2.05, 4.69) is 0 Å². The van der Waals surface area contributed by atoms with Crippen LogP contribution in [0.2, 0.25) is 0 Å². The van der Waals surface area contributed by atoms with Gasteiger partial charge in [0.2, 0.25) is 0 Å². The maximum atomic E-state index is 10.5. The zero-order valence-corrected chi connectivity index (χ0v) is 7.65. The molecule has 0 heterocycles. The van der Waals surface area contributed by atoms with Gasteiger partial charge >= 0.3 is 5.97 Å². The number of carbonyl (C=O) groups is 2. The molecule has 14 heavy (non-hydrogen) atoms. The van der Waals surface area contributed by atoms with Gasteiger partial charge < -0.3 is 14.6 Å². The molecule has 0 unspecified atom stereocenters. The monoisotopic (exact) mass is 193 g/mol. The third-order valence-electron chi connectivity index (χ3n) is 1.63. The van der Waals surface area contributed by atoms with Crippen LogP contribution >= 0.6 is 0 Å². The van der Waals surface area contributed by atoms with E-state index < -0.39 is 5.97 Å². The van der Waals surface area contributed by atoms with Crippen molar-refractivity contribution in [1.29, 1.82) is 0 Å². The van der Waals surface area contributed by atoms with E-state index >= 15 is 0 Å². The van der Waals surface area contributed by atoms with E-state index in [0.29, 0.717) is 0 Å². The molecule has 0 aliphatic rings. The summed E-state index contributed by atoms with van der Waals surface area (Å²) in [5.41, 5.74) is 0.849. The van der Waals surface area contributed by atoms with Gasteiger partial charge in [-0.15, -0.1) is 0 Å². The van der Waals surface area contributed by atoms with Crippen molar-refractivity contribution in [3.8, 4) is 0 Å². The molecule has 0 N–H and O–H groups in total. The highest BCUT2D eigenvalue weighted by Crippen LogP contribution is 2.04. The van der Waals surface area contributed by atoms with E-state index in [1.807, 2.05) is 0 Å². The Balaban J connectivity index is 2.64. The Morgan fingerprint density at radius 3 is 2.29 bits per heavy atom. The van der Waals surface area contributed by atoms with Crippen molar-refractivity contribution in [2.75, 3.05) is 0 Å². The zero-order chi connectivity index (χ0) is 10.6. The van der Waals surface area contributed by atoms with Gasteiger partial charge in [0.05, 0.1) is 5.97 Å². The molecule has 0 aliphatic heterocycles. The Kier molecular flexibility index (Phi) is 3.23. The Hall–Kier alpha value is -1.84. The molecule has 0 spiro atoms. The average molecular weight is 193 g/mol. The molecule has 0 bridgehead atoms. The van der Waals surface area contributed by atoms with Gasteiger partial charge in [-0.25, -0.2) is 0 Å². The van der Waals surface area contributed by atoms with Crippen LogP contribution in [0.3, 0.4) is 0 Å². The smallest absolute Gasteiger partial charge is 0.302 e. The van der Waals surface area contributed by atoms with Gasteiger partial charge in [0.1, 0.15) is 6.61 Å². The number of carboxylic acid groups (broad SMARTS) is 1. The van der Waals surface area contributed by atoms with E-state index in [4.69, 9.17) is 4.74 Å². The van der Waals surface area contributed by atoms with Crippen molar-refractivity contribution < 1.29 is 19.4 Å². The second kappa shape index (κ2) is 4.41. The molecule has 0 amide bonds. The zero-order valence-electron chi connectivity index (χ0n) is 7.65. The van der Waals surface area contributed by atoms with Gasteiger partial charge in [-0.2, -0.15) is 0 Å². The summed E-state index contributed by atoms with van der Waals surface area (Å²) in [6, 6.07) is 5.98. The summed E-state index contributed by atoms with van der Waals surface area (Å²) >= 11 is 0. The van der Waals surface area contributed by atoms with Crippen LogP contribution in [-0.4, -0.2) is 11.9 Å². The number of benzene rings is 1. The number of hydrogen-bond donors (Lipinski definition) is 0. The molecule has 1 aromatic carbocycles. The molecular weight excluding hydrogens is 184 g/mol. The highest BCUT2D eigenvalue weighted by atomic mass is 16.5. The van der Waals surface area contributed by atoms with Crippen LogP contribution in [-0.2, 0) is 16.1 Å². The third-order valence-corrected chi connectivity index (χ3v) is 1.63. The van der Waals surface area contributed by atoms with Crippen LogP contribution < -0.4 is 5.11 Å². The number of carbonyl (C=O) groups excluding carboxylic acids is 2. The quantitative estimate of drug-likeness (QED) is 0.639. The van der Waals surface area contributed by atoms with Crippen molar-refractivity contribution in [1.82, 2.24) is 0 Å². The maximum Gasteiger partial charge on any atom is 0.302 e. The third kappa shape index (κ3) is 2.90. The lowest BCUT2D eigenvalue weighted by atomic mass is 10.1. The second-order valence-electron chi connectivity index (χ2n) is 2.76. The van der Waals surface area contributed by atoms with Gasteiger partial charge in [0.25, 0.3) is 0 Å². The first-order chi connectivity index (χ1) is 6.59. The molecule has 0 radical (unpaired) electrons. The van der Waals surface area contributed by atoms with Crippen LogP contribution in [0.15, 0.2) is 24.3 Å². The number of aromatic carboxylic acids is 1. The molecule has 0 saturated heterocycles. The van der Waals surface area contributed by atoms with Crippen molar-refractivity contribution in [2.45, 2.75) is 13.5 Å². The Labute approximate surface area is 81.1 Å². The van der Waals surface area contributed by atoms with E-state index in [0.717, 1.165) is 5.56 Å². The lowest BCUT2D eigenvalue weighted by Crippen LogP contribution is -2.22. The maximum absolute atomic E-state index is 10.5. The molecular formula is C10H9O4-. The first-order valence-corrected chi connectivity index (χ1v) is 4.03. The molecule has 0 saturated carbocycles. The molecule has 4 heteroatoms. The summed E-state index contributed by atoms with van der Waals surface area (Å²) in [6.45, 7) is 1.47. The van der Waals surface area contributed by atoms with Gasteiger partial charge in [-0.05, 0) is 11.1 Å². The first kappa shape index (κ1) is 10.2. The molecule has 74 valence electrons. The molecule has 1 aromatic rings. The normalized spacial score (nSPS) is 9.50. The van der Waals surface area contributed by atoms with Crippen molar-refractivity contribution in [3.63, 3.8) is 0 Å². The largest absolute Gasteiger partial charge is 0.545 e. The van der Waals surface area contributed by atoms with Gasteiger partial charge in [-0.1, -0.05) is 24.3 Å². The van der Waals surface area contributed by atoms with Crippen LogP contribution in [0.5, 0.6) is 0 Å². The van der Waals surface area contributed by atoms with Crippen LogP contribution in [0, 0.1) is 0 Å². The minimum atomic E-state index is -1.22. The summed E-state index contributed by atoms with van der Waals surface area (Å²) in [6.07, 6.45) is 0. The fourth-order valence-electron chi connectivity index (χ4n) is 0.922. The fraction of sp³-hybridized carbons (Fsp3) is 0.200. The molecule has 1 rings (SSSR count). The SMILES string of the molecule is CC(=O)OCc1ccc(C(=O)[O-])cc1. The molecule has 0 atom stereocenters. The number of hydrogen-bond acceptors (Lipinski definition) is 4. The summed E-state index contributed by atoms with van der Waals surface area (Å²) in [4.78, 5) is 20.8.